The number of alkyl halides is 3. The van der Waals surface area contributed by atoms with E-state index in [1.165, 1.54) is 36.3 Å². The summed E-state index contributed by atoms with van der Waals surface area (Å²) >= 11 is 0. The van der Waals surface area contributed by atoms with E-state index in [2.05, 4.69) is 15.3 Å². The summed E-state index contributed by atoms with van der Waals surface area (Å²) in [5, 5.41) is 3.18. The van der Waals surface area contributed by atoms with E-state index in [-0.39, 0.29) is 46.8 Å². The van der Waals surface area contributed by atoms with Crippen molar-refractivity contribution < 1.29 is 40.7 Å². The highest BCUT2D eigenvalue weighted by Gasteiger charge is 2.39. The first-order valence-corrected chi connectivity index (χ1v) is 15.7. The lowest BCUT2D eigenvalue weighted by atomic mass is 9.94. The van der Waals surface area contributed by atoms with Crippen molar-refractivity contribution in [3.8, 4) is 11.3 Å². The van der Waals surface area contributed by atoms with Crippen molar-refractivity contribution in [1.29, 1.82) is 0 Å². The van der Waals surface area contributed by atoms with Gasteiger partial charge in [-0.05, 0) is 45.4 Å². The lowest BCUT2D eigenvalue weighted by Crippen LogP contribution is -2.52. The van der Waals surface area contributed by atoms with E-state index in [0.717, 1.165) is 10.2 Å². The molecule has 2 atom stereocenters. The van der Waals surface area contributed by atoms with Crippen molar-refractivity contribution in [3.63, 3.8) is 0 Å². The maximum atomic E-state index is 14.3. The number of benzene rings is 2. The fraction of sp³-hybridized carbons (Fsp3) is 0.355. The minimum Gasteiger partial charge on any atom is -0.469 e. The van der Waals surface area contributed by atoms with Gasteiger partial charge in [-0.1, -0.05) is 36.4 Å². The number of ether oxygens (including phenoxy) is 2. The molecule has 1 aliphatic heterocycles. The normalized spacial score (nSPS) is 17.5. The van der Waals surface area contributed by atoms with E-state index in [1.54, 1.807) is 51.1 Å². The number of anilines is 1. The summed E-state index contributed by atoms with van der Waals surface area (Å²) in [4.78, 5) is 34.8. The molecular formula is C31H32F3N5O6S. The summed E-state index contributed by atoms with van der Waals surface area (Å²) in [7, 11) is -2.98. The Labute approximate surface area is 263 Å². The van der Waals surface area contributed by atoms with Crippen LogP contribution in [0.5, 0.6) is 0 Å². The summed E-state index contributed by atoms with van der Waals surface area (Å²) in [5.74, 6) is -1.54. The van der Waals surface area contributed by atoms with Gasteiger partial charge in [-0.15, -0.1) is 0 Å². The number of aromatic nitrogens is 3. The van der Waals surface area contributed by atoms with Crippen LogP contribution in [-0.2, 0) is 30.5 Å². The van der Waals surface area contributed by atoms with E-state index in [9.17, 15) is 31.2 Å². The first kappa shape index (κ1) is 32.7. The molecule has 1 fully saturated rings. The molecule has 244 valence electrons. The second kappa shape index (κ2) is 12.3. The molecule has 1 saturated heterocycles. The lowest BCUT2D eigenvalue weighted by Gasteiger charge is -2.37. The molecule has 2 aromatic heterocycles. The summed E-state index contributed by atoms with van der Waals surface area (Å²) in [6.45, 7) is 5.15. The Hall–Kier alpha value is -4.66. The largest absolute Gasteiger partial charge is 0.469 e. The Balaban J connectivity index is 1.57. The predicted octanol–water partition coefficient (Wildman–Crippen LogP) is 5.56. The molecule has 46 heavy (non-hydrogen) atoms. The van der Waals surface area contributed by atoms with Gasteiger partial charge in [-0.2, -0.15) is 13.2 Å². The molecule has 0 spiro atoms. The molecular weight excluding hydrogens is 627 g/mol. The highest BCUT2D eigenvalue weighted by atomic mass is 32.2. The number of likely N-dealkylation sites (tertiary alicyclic amines) is 1. The Morgan fingerprint density at radius 2 is 1.67 bits per heavy atom. The molecule has 15 heteroatoms. The van der Waals surface area contributed by atoms with Crippen LogP contribution in [0.3, 0.4) is 0 Å². The topological polar surface area (TPSA) is 133 Å². The van der Waals surface area contributed by atoms with Gasteiger partial charge in [-0.25, -0.2) is 27.2 Å². The maximum absolute atomic E-state index is 14.3. The number of piperidine rings is 1. The third-order valence-electron chi connectivity index (χ3n) is 7.30. The van der Waals surface area contributed by atoms with E-state index in [1.807, 2.05) is 0 Å². The number of hydrogen-bond acceptors (Lipinski definition) is 9. The highest BCUT2D eigenvalue weighted by Crippen LogP contribution is 2.40. The van der Waals surface area contributed by atoms with Gasteiger partial charge in [0.1, 0.15) is 11.2 Å². The Morgan fingerprint density at radius 3 is 2.33 bits per heavy atom. The van der Waals surface area contributed by atoms with Crippen LogP contribution in [-0.4, -0.2) is 71.2 Å². The third kappa shape index (κ3) is 6.78. The second-order valence-electron chi connectivity index (χ2n) is 11.8. The van der Waals surface area contributed by atoms with E-state index >= 15 is 0 Å². The van der Waals surface area contributed by atoms with E-state index in [4.69, 9.17) is 9.47 Å². The van der Waals surface area contributed by atoms with Gasteiger partial charge in [0, 0.05) is 42.5 Å². The first-order chi connectivity index (χ1) is 21.6. The van der Waals surface area contributed by atoms with Crippen LogP contribution in [0.25, 0.3) is 22.2 Å². The number of fused-ring (bicyclic) bond motifs is 1. The summed E-state index contributed by atoms with van der Waals surface area (Å²) < 4.78 is 81.6. The molecule has 1 amide bonds. The van der Waals surface area contributed by atoms with Crippen LogP contribution in [0.4, 0.5) is 23.9 Å². The quantitative estimate of drug-likeness (QED) is 0.264. The molecule has 1 N–H and O–H groups in total. The molecule has 0 saturated carbocycles. The number of methoxy groups -OCH3 is 1. The van der Waals surface area contributed by atoms with E-state index < -0.39 is 57.1 Å². The molecule has 5 rings (SSSR count). The van der Waals surface area contributed by atoms with Crippen LogP contribution in [0, 0.1) is 5.92 Å². The fourth-order valence-electron chi connectivity index (χ4n) is 5.31. The average molecular weight is 660 g/mol. The summed E-state index contributed by atoms with van der Waals surface area (Å²) in [5.41, 5.74) is -2.46. The molecule has 4 aromatic rings. The van der Waals surface area contributed by atoms with Crippen LogP contribution in [0.1, 0.15) is 32.8 Å². The predicted molar refractivity (Wildman–Crippen MR) is 162 cm³/mol. The van der Waals surface area contributed by atoms with Crippen LogP contribution < -0.4 is 5.32 Å². The Kier molecular flexibility index (Phi) is 8.73. The molecule has 11 nitrogen and oxygen atoms in total. The number of para-hydroxylation sites is 1. The van der Waals surface area contributed by atoms with Gasteiger partial charge in [-0.3, -0.25) is 4.79 Å². The van der Waals surface area contributed by atoms with Gasteiger partial charge in [0.05, 0.1) is 29.1 Å². The fourth-order valence-corrected chi connectivity index (χ4v) is 6.70. The number of nitrogens with one attached hydrogen (secondary N) is 1. The van der Waals surface area contributed by atoms with Crippen LogP contribution >= 0.6 is 0 Å². The van der Waals surface area contributed by atoms with Gasteiger partial charge in [0.15, 0.2) is 0 Å². The Bertz CT molecular complexity index is 1870. The summed E-state index contributed by atoms with van der Waals surface area (Å²) in [6.07, 6.45) is -3.65. The van der Waals surface area contributed by atoms with Gasteiger partial charge < -0.3 is 19.7 Å². The number of nitrogens with zero attached hydrogens (tertiary/aromatic N) is 4. The number of halogens is 3. The van der Waals surface area contributed by atoms with Crippen molar-refractivity contribution in [1.82, 2.24) is 18.8 Å². The zero-order valence-corrected chi connectivity index (χ0v) is 26.2. The molecule has 0 bridgehead atoms. The molecule has 0 unspecified atom stereocenters. The standard InChI is InChI=1S/C31H32F3N5O6S/c1-30(2,3)45-29(41)38-16-19(27(40)44-4)14-20(17-38)36-28-35-15-24(31(32,33)34)26(37-28)23-18-39(25-13-9-8-12-22(23)25)46(42,43)21-10-6-5-7-11-21/h5-13,15,18-20H,14,16-17H2,1-4H3,(H,35,36,37)/t19-,20+/m0/s1. The zero-order valence-electron chi connectivity index (χ0n) is 25.4. The second-order valence-corrected chi connectivity index (χ2v) is 13.6. The maximum Gasteiger partial charge on any atom is 0.419 e. The molecule has 0 radical (unpaired) electrons. The van der Waals surface area contributed by atoms with E-state index in [0.29, 0.717) is 6.20 Å². The lowest BCUT2D eigenvalue weighted by molar-refractivity contribution is -0.147. The molecule has 1 aliphatic rings. The van der Waals surface area contributed by atoms with Crippen LogP contribution in [0.15, 0.2) is 71.9 Å². The highest BCUT2D eigenvalue weighted by molar-refractivity contribution is 7.90. The average Bonchev–Trinajstić information content (AvgIpc) is 3.40. The van der Waals surface area contributed by atoms with Crippen molar-refractivity contribution in [2.24, 2.45) is 5.92 Å². The zero-order chi connectivity index (χ0) is 33.4. The van der Waals surface area contributed by atoms with Crippen molar-refractivity contribution in [3.05, 3.63) is 72.6 Å². The minimum absolute atomic E-state index is 0.0221. The Morgan fingerprint density at radius 1 is 1.00 bits per heavy atom. The monoisotopic (exact) mass is 659 g/mol. The minimum atomic E-state index is -4.89. The van der Waals surface area contributed by atoms with Gasteiger partial charge in [0.2, 0.25) is 5.95 Å². The smallest absolute Gasteiger partial charge is 0.419 e. The number of hydrogen-bond donors (Lipinski definition) is 1. The number of rotatable bonds is 6. The molecule has 2 aromatic carbocycles. The number of carbonyl (C=O) groups is 2. The molecule has 3 heterocycles. The van der Waals surface area contributed by atoms with Crippen LogP contribution in [0.2, 0.25) is 0 Å². The van der Waals surface area contributed by atoms with Gasteiger partial charge in [0.25, 0.3) is 10.0 Å². The number of esters is 1. The summed E-state index contributed by atoms with van der Waals surface area (Å²) in [6, 6.07) is 13.0. The SMILES string of the molecule is COC(=O)[C@H]1C[C@@H](Nc2ncc(C(F)(F)F)c(-c3cn(S(=O)(=O)c4ccccc4)c4ccccc34)n2)CN(C(=O)OC(C)(C)C)C1. The van der Waals surface area contributed by atoms with Crippen molar-refractivity contribution >= 4 is 38.9 Å². The number of carbonyl (C=O) groups excluding carboxylic acids is 2. The first-order valence-electron chi connectivity index (χ1n) is 14.3. The third-order valence-corrected chi connectivity index (χ3v) is 8.99. The molecule has 0 aliphatic carbocycles. The van der Waals surface area contributed by atoms with Gasteiger partial charge >= 0.3 is 18.2 Å². The van der Waals surface area contributed by atoms with Crippen molar-refractivity contribution in [2.75, 3.05) is 25.5 Å². The van der Waals surface area contributed by atoms with Crippen molar-refractivity contribution in [2.45, 2.75) is 49.9 Å². The number of amides is 1.